The zero-order chi connectivity index (χ0) is 13.8. The molecule has 0 saturated heterocycles. The minimum absolute atomic E-state index is 0.113. The molecule has 18 heavy (non-hydrogen) atoms. The van der Waals surface area contributed by atoms with Crippen LogP contribution >= 0.6 is 0 Å². The lowest BCUT2D eigenvalue weighted by molar-refractivity contribution is -0.121. The van der Waals surface area contributed by atoms with Gasteiger partial charge in [-0.2, -0.15) is 0 Å². The Morgan fingerprint density at radius 1 is 1.33 bits per heavy atom. The van der Waals surface area contributed by atoms with Crippen molar-refractivity contribution in [2.45, 2.75) is 39.3 Å². The molecule has 1 amide bonds. The van der Waals surface area contributed by atoms with Crippen molar-refractivity contribution < 1.29 is 9.18 Å². The van der Waals surface area contributed by atoms with Gasteiger partial charge < -0.3 is 10.6 Å². The molecule has 0 aromatic heterocycles. The number of hydrogen-bond donors (Lipinski definition) is 2. The van der Waals surface area contributed by atoms with E-state index in [0.29, 0.717) is 5.56 Å². The third-order valence-corrected chi connectivity index (χ3v) is 2.53. The van der Waals surface area contributed by atoms with Crippen molar-refractivity contribution in [2.75, 3.05) is 6.54 Å². The minimum atomic E-state index is -0.333. The molecule has 0 heterocycles. The number of halogens is 1. The van der Waals surface area contributed by atoms with Crippen molar-refractivity contribution in [1.82, 2.24) is 10.6 Å². The second-order valence-corrected chi connectivity index (χ2v) is 5.41. The second-order valence-electron chi connectivity index (χ2n) is 5.41. The first-order chi connectivity index (χ1) is 8.29. The largest absolute Gasteiger partial charge is 0.348 e. The zero-order valence-corrected chi connectivity index (χ0v) is 11.4. The Labute approximate surface area is 108 Å². The molecule has 3 nitrogen and oxygen atoms in total. The maximum Gasteiger partial charge on any atom is 0.234 e. The highest BCUT2D eigenvalue weighted by atomic mass is 19.1. The average molecular weight is 252 g/mol. The molecule has 2 N–H and O–H groups in total. The summed E-state index contributed by atoms with van der Waals surface area (Å²) in [5.74, 6) is -0.435. The number of nitrogens with one attached hydrogen (secondary N) is 2. The molecule has 1 atom stereocenters. The van der Waals surface area contributed by atoms with E-state index in [2.05, 4.69) is 10.6 Å². The third kappa shape index (κ3) is 4.84. The van der Waals surface area contributed by atoms with Gasteiger partial charge in [0.25, 0.3) is 0 Å². The predicted octanol–water partition coefficient (Wildman–Crippen LogP) is 2.39. The molecule has 100 valence electrons. The van der Waals surface area contributed by atoms with Gasteiger partial charge in [-0.05, 0) is 33.8 Å². The van der Waals surface area contributed by atoms with Crippen LogP contribution in [0.3, 0.4) is 0 Å². The summed E-state index contributed by atoms with van der Waals surface area (Å²) < 4.78 is 13.5. The van der Waals surface area contributed by atoms with E-state index in [1.54, 1.807) is 25.1 Å². The van der Waals surface area contributed by atoms with Gasteiger partial charge >= 0.3 is 0 Å². The first-order valence-corrected chi connectivity index (χ1v) is 6.08. The summed E-state index contributed by atoms with van der Waals surface area (Å²) in [6.07, 6.45) is 0. The van der Waals surface area contributed by atoms with Gasteiger partial charge in [0.1, 0.15) is 5.82 Å². The molecule has 1 rings (SSSR count). The number of hydrogen-bond acceptors (Lipinski definition) is 2. The van der Waals surface area contributed by atoms with E-state index in [1.807, 2.05) is 20.8 Å². The normalized spacial score (nSPS) is 13.2. The molecule has 0 radical (unpaired) electrons. The fourth-order valence-corrected chi connectivity index (χ4v) is 1.54. The first kappa shape index (κ1) is 14.6. The number of benzene rings is 1. The third-order valence-electron chi connectivity index (χ3n) is 2.53. The molecule has 0 bridgehead atoms. The highest BCUT2D eigenvalue weighted by Gasteiger charge is 2.15. The van der Waals surface area contributed by atoms with Gasteiger partial charge in [0.15, 0.2) is 0 Å². The van der Waals surface area contributed by atoms with Crippen molar-refractivity contribution in [3.05, 3.63) is 35.6 Å². The SMILES string of the molecule is C[C@@H](NC(=O)CNC(C)(C)C)c1ccccc1F. The molecule has 0 aliphatic rings. The molecular weight excluding hydrogens is 231 g/mol. The Morgan fingerprint density at radius 3 is 2.50 bits per heavy atom. The van der Waals surface area contributed by atoms with Crippen LogP contribution in [0.15, 0.2) is 24.3 Å². The molecule has 1 aromatic rings. The Kier molecular flexibility index (Phi) is 4.84. The van der Waals surface area contributed by atoms with Crippen LogP contribution < -0.4 is 10.6 Å². The summed E-state index contributed by atoms with van der Waals surface area (Å²) in [6.45, 7) is 7.96. The number of amides is 1. The van der Waals surface area contributed by atoms with Crippen LogP contribution in [-0.2, 0) is 4.79 Å². The van der Waals surface area contributed by atoms with Crippen LogP contribution in [0.2, 0.25) is 0 Å². The maximum absolute atomic E-state index is 13.5. The van der Waals surface area contributed by atoms with Gasteiger partial charge in [-0.15, -0.1) is 0 Å². The fraction of sp³-hybridized carbons (Fsp3) is 0.500. The van der Waals surface area contributed by atoms with Crippen LogP contribution in [0.1, 0.15) is 39.3 Å². The topological polar surface area (TPSA) is 41.1 Å². The lowest BCUT2D eigenvalue weighted by atomic mass is 10.1. The fourth-order valence-electron chi connectivity index (χ4n) is 1.54. The lowest BCUT2D eigenvalue weighted by Gasteiger charge is -2.21. The summed E-state index contributed by atoms with van der Waals surface area (Å²) in [4.78, 5) is 11.7. The minimum Gasteiger partial charge on any atom is -0.348 e. The van der Waals surface area contributed by atoms with Crippen LogP contribution in [0.25, 0.3) is 0 Å². The monoisotopic (exact) mass is 252 g/mol. The molecule has 1 aromatic carbocycles. The Morgan fingerprint density at radius 2 is 1.94 bits per heavy atom. The lowest BCUT2D eigenvalue weighted by Crippen LogP contribution is -2.43. The molecule has 0 fully saturated rings. The highest BCUT2D eigenvalue weighted by molar-refractivity contribution is 5.78. The van der Waals surface area contributed by atoms with Crippen LogP contribution in [0.5, 0.6) is 0 Å². The van der Waals surface area contributed by atoms with Gasteiger partial charge in [0.05, 0.1) is 12.6 Å². The smallest absolute Gasteiger partial charge is 0.234 e. The van der Waals surface area contributed by atoms with Crippen molar-refractivity contribution in [3.63, 3.8) is 0 Å². The number of rotatable bonds is 4. The summed E-state index contributed by atoms with van der Waals surface area (Å²) in [5, 5.41) is 5.86. The summed E-state index contributed by atoms with van der Waals surface area (Å²) in [7, 11) is 0. The van der Waals surface area contributed by atoms with Crippen LogP contribution in [0.4, 0.5) is 4.39 Å². The molecule has 0 spiro atoms. The number of carbonyl (C=O) groups is 1. The van der Waals surface area contributed by atoms with Gasteiger partial charge in [0, 0.05) is 11.1 Å². The van der Waals surface area contributed by atoms with Crippen LogP contribution in [0, 0.1) is 5.82 Å². The summed E-state index contributed by atoms with van der Waals surface area (Å²) in [5.41, 5.74) is 0.389. The van der Waals surface area contributed by atoms with Gasteiger partial charge in [-0.3, -0.25) is 4.79 Å². The molecule has 4 heteroatoms. The van der Waals surface area contributed by atoms with E-state index < -0.39 is 0 Å². The van der Waals surface area contributed by atoms with Crippen molar-refractivity contribution in [2.24, 2.45) is 0 Å². The quantitative estimate of drug-likeness (QED) is 0.864. The number of carbonyl (C=O) groups excluding carboxylic acids is 1. The van der Waals surface area contributed by atoms with Crippen LogP contribution in [-0.4, -0.2) is 18.0 Å². The summed E-state index contributed by atoms with van der Waals surface area (Å²) in [6, 6.07) is 6.13. The Bertz CT molecular complexity index is 413. The maximum atomic E-state index is 13.5. The Hall–Kier alpha value is -1.42. The standard InChI is InChI=1S/C14H21FN2O/c1-10(11-7-5-6-8-12(11)15)17-13(18)9-16-14(2,3)4/h5-8,10,16H,9H2,1-4H3,(H,17,18)/t10-/m1/s1. The van der Waals surface area contributed by atoms with E-state index in [-0.39, 0.29) is 29.8 Å². The Balaban J connectivity index is 2.53. The van der Waals surface area contributed by atoms with E-state index in [0.717, 1.165) is 0 Å². The van der Waals surface area contributed by atoms with E-state index in [4.69, 9.17) is 0 Å². The average Bonchev–Trinajstić information content (AvgIpc) is 2.26. The zero-order valence-electron chi connectivity index (χ0n) is 11.4. The van der Waals surface area contributed by atoms with E-state index in [9.17, 15) is 9.18 Å². The molecular formula is C14H21FN2O. The summed E-state index contributed by atoms with van der Waals surface area (Å²) >= 11 is 0. The highest BCUT2D eigenvalue weighted by Crippen LogP contribution is 2.15. The van der Waals surface area contributed by atoms with Gasteiger partial charge in [-0.25, -0.2) is 4.39 Å². The van der Waals surface area contributed by atoms with Crippen molar-refractivity contribution in [1.29, 1.82) is 0 Å². The predicted molar refractivity (Wildman–Crippen MR) is 70.7 cm³/mol. The van der Waals surface area contributed by atoms with E-state index >= 15 is 0 Å². The van der Waals surface area contributed by atoms with Gasteiger partial charge in [-0.1, -0.05) is 18.2 Å². The van der Waals surface area contributed by atoms with E-state index in [1.165, 1.54) is 6.07 Å². The first-order valence-electron chi connectivity index (χ1n) is 6.08. The van der Waals surface area contributed by atoms with Gasteiger partial charge in [0.2, 0.25) is 5.91 Å². The van der Waals surface area contributed by atoms with Crippen molar-refractivity contribution >= 4 is 5.91 Å². The molecule has 0 aliphatic heterocycles. The molecule has 0 saturated carbocycles. The van der Waals surface area contributed by atoms with Crippen molar-refractivity contribution in [3.8, 4) is 0 Å². The molecule has 0 unspecified atom stereocenters. The second kappa shape index (κ2) is 5.96. The molecule has 0 aliphatic carbocycles.